The van der Waals surface area contributed by atoms with E-state index in [0.29, 0.717) is 17.5 Å². The molecule has 1 amide bonds. The Labute approximate surface area is 191 Å². The molecular formula is C24H26N6OS. The summed E-state index contributed by atoms with van der Waals surface area (Å²) in [6.45, 7) is 4.18. The molecule has 0 aliphatic heterocycles. The smallest absolute Gasteiger partial charge is 0.228 e. The van der Waals surface area contributed by atoms with Crippen LogP contribution in [0.2, 0.25) is 0 Å². The molecular weight excluding hydrogens is 420 g/mol. The largest absolute Gasteiger partial charge is 0.370 e. The van der Waals surface area contributed by atoms with Crippen molar-refractivity contribution < 1.29 is 4.79 Å². The minimum atomic E-state index is -0.313. The summed E-state index contributed by atoms with van der Waals surface area (Å²) < 4.78 is 0. The molecule has 0 aliphatic carbocycles. The molecule has 1 heterocycles. The molecule has 0 saturated heterocycles. The first-order chi connectivity index (χ1) is 15.4. The van der Waals surface area contributed by atoms with Gasteiger partial charge in [-0.1, -0.05) is 56.3 Å². The lowest BCUT2D eigenvalue weighted by Crippen LogP contribution is -2.30. The van der Waals surface area contributed by atoms with Crippen LogP contribution in [0.25, 0.3) is 22.4 Å². The van der Waals surface area contributed by atoms with Crippen LogP contribution in [0.3, 0.4) is 0 Å². The number of guanidine groups is 1. The third kappa shape index (κ3) is 5.93. The Morgan fingerprint density at radius 3 is 2.53 bits per heavy atom. The first-order valence-corrected chi connectivity index (χ1v) is 11.2. The van der Waals surface area contributed by atoms with Gasteiger partial charge in [-0.3, -0.25) is 4.79 Å². The number of carbonyl (C=O) groups is 1. The zero-order valence-electron chi connectivity index (χ0n) is 18.1. The SMILES string of the molecule is CC(C)CC(C(=O)NCC#N)c1cccc(-c2cccc(-c3csc(N=C(N)N)n3)c2)c1. The maximum absolute atomic E-state index is 12.7. The number of nitrogens with two attached hydrogens (primary N) is 2. The molecule has 0 spiro atoms. The van der Waals surface area contributed by atoms with Crippen molar-refractivity contribution in [2.45, 2.75) is 26.2 Å². The maximum Gasteiger partial charge on any atom is 0.228 e. The first-order valence-electron chi connectivity index (χ1n) is 10.3. The van der Waals surface area contributed by atoms with Crippen molar-refractivity contribution in [1.82, 2.24) is 10.3 Å². The third-order valence-electron chi connectivity index (χ3n) is 4.86. The van der Waals surface area contributed by atoms with Crippen molar-refractivity contribution in [2.24, 2.45) is 22.4 Å². The van der Waals surface area contributed by atoms with E-state index in [-0.39, 0.29) is 24.3 Å². The van der Waals surface area contributed by atoms with Gasteiger partial charge < -0.3 is 16.8 Å². The summed E-state index contributed by atoms with van der Waals surface area (Å²) in [6.07, 6.45) is 0.702. The normalized spacial score (nSPS) is 11.6. The molecule has 3 aromatic rings. The number of hydrogen-bond donors (Lipinski definition) is 3. The van der Waals surface area contributed by atoms with E-state index in [9.17, 15) is 4.79 Å². The highest BCUT2D eigenvalue weighted by atomic mass is 32.1. The van der Waals surface area contributed by atoms with Crippen LogP contribution < -0.4 is 16.8 Å². The number of benzene rings is 2. The van der Waals surface area contributed by atoms with Gasteiger partial charge in [0.1, 0.15) is 6.54 Å². The number of amides is 1. The van der Waals surface area contributed by atoms with E-state index in [1.165, 1.54) is 11.3 Å². The van der Waals surface area contributed by atoms with Crippen LogP contribution in [-0.4, -0.2) is 23.4 Å². The molecule has 0 saturated carbocycles. The van der Waals surface area contributed by atoms with Crippen molar-refractivity contribution in [3.63, 3.8) is 0 Å². The number of thiazole rings is 1. The number of hydrogen-bond acceptors (Lipinski definition) is 5. The van der Waals surface area contributed by atoms with Gasteiger partial charge in [-0.2, -0.15) is 10.3 Å². The zero-order chi connectivity index (χ0) is 23.1. The zero-order valence-corrected chi connectivity index (χ0v) is 18.9. The minimum Gasteiger partial charge on any atom is -0.370 e. The van der Waals surface area contributed by atoms with Gasteiger partial charge in [-0.25, -0.2) is 4.98 Å². The predicted octanol–water partition coefficient (Wildman–Crippen LogP) is 4.15. The average molecular weight is 447 g/mol. The van der Waals surface area contributed by atoms with Crippen molar-refractivity contribution >= 4 is 28.3 Å². The lowest BCUT2D eigenvalue weighted by Gasteiger charge is -2.19. The Hall–Kier alpha value is -3.70. The molecule has 0 radical (unpaired) electrons. The monoisotopic (exact) mass is 446 g/mol. The molecule has 3 rings (SSSR count). The highest BCUT2D eigenvalue weighted by molar-refractivity contribution is 7.13. The number of aromatic nitrogens is 1. The molecule has 0 fully saturated rings. The number of rotatable bonds is 8. The summed E-state index contributed by atoms with van der Waals surface area (Å²) in [7, 11) is 0. The van der Waals surface area contributed by atoms with Crippen LogP contribution in [0.5, 0.6) is 0 Å². The fraction of sp³-hybridized carbons (Fsp3) is 0.250. The Morgan fingerprint density at radius 1 is 1.16 bits per heavy atom. The molecule has 2 aromatic carbocycles. The van der Waals surface area contributed by atoms with E-state index in [4.69, 9.17) is 16.7 Å². The topological polar surface area (TPSA) is 130 Å². The number of aliphatic imine (C=N–C) groups is 1. The lowest BCUT2D eigenvalue weighted by molar-refractivity contribution is -0.122. The fourth-order valence-corrected chi connectivity index (χ4v) is 4.18. The second-order valence-corrected chi connectivity index (χ2v) is 8.65. The Morgan fingerprint density at radius 2 is 1.84 bits per heavy atom. The first kappa shape index (κ1) is 23.0. The summed E-state index contributed by atoms with van der Waals surface area (Å²) >= 11 is 1.37. The Balaban J connectivity index is 1.92. The van der Waals surface area contributed by atoms with Gasteiger partial charge in [-0.15, -0.1) is 11.3 Å². The van der Waals surface area contributed by atoms with Gasteiger partial charge in [0.2, 0.25) is 11.0 Å². The van der Waals surface area contributed by atoms with Gasteiger partial charge in [0.15, 0.2) is 5.96 Å². The van der Waals surface area contributed by atoms with Crippen LogP contribution in [0.15, 0.2) is 58.9 Å². The summed E-state index contributed by atoms with van der Waals surface area (Å²) in [6, 6.07) is 18.0. The molecule has 164 valence electrons. The molecule has 0 aliphatic rings. The molecule has 1 aromatic heterocycles. The number of nitriles is 1. The van der Waals surface area contributed by atoms with Crippen molar-refractivity contribution in [2.75, 3.05) is 6.54 Å². The van der Waals surface area contributed by atoms with Crippen molar-refractivity contribution in [3.05, 3.63) is 59.5 Å². The van der Waals surface area contributed by atoms with E-state index in [1.807, 2.05) is 53.9 Å². The highest BCUT2D eigenvalue weighted by Crippen LogP contribution is 2.32. The van der Waals surface area contributed by atoms with Gasteiger partial charge in [-0.05, 0) is 35.1 Å². The number of nitrogens with one attached hydrogen (secondary N) is 1. The standard InChI is InChI=1S/C24H26N6OS/c1-15(2)11-20(22(31)28-10-9-25)18-7-3-5-16(12-18)17-6-4-8-19(13-17)21-14-32-24(29-21)30-23(26)27/h3-8,12-15,20H,10-11H2,1-2H3,(H,28,31)(H4,26,27,29,30). The Bertz CT molecular complexity index is 1160. The van der Waals surface area contributed by atoms with E-state index < -0.39 is 0 Å². The van der Waals surface area contributed by atoms with Crippen molar-refractivity contribution in [3.8, 4) is 28.5 Å². The summed E-state index contributed by atoms with van der Waals surface area (Å²) in [5, 5.41) is 13.9. The molecule has 5 N–H and O–H groups in total. The molecule has 7 nitrogen and oxygen atoms in total. The van der Waals surface area contributed by atoms with Gasteiger partial charge in [0, 0.05) is 10.9 Å². The van der Waals surface area contributed by atoms with Gasteiger partial charge >= 0.3 is 0 Å². The van der Waals surface area contributed by atoms with Crippen LogP contribution >= 0.6 is 11.3 Å². The van der Waals surface area contributed by atoms with Crippen LogP contribution in [-0.2, 0) is 4.79 Å². The van der Waals surface area contributed by atoms with E-state index >= 15 is 0 Å². The predicted molar refractivity (Wildman–Crippen MR) is 129 cm³/mol. The average Bonchev–Trinajstić information content (AvgIpc) is 3.23. The summed E-state index contributed by atoms with van der Waals surface area (Å²) in [4.78, 5) is 21.2. The van der Waals surface area contributed by atoms with Gasteiger partial charge in [0.05, 0.1) is 17.7 Å². The number of carbonyl (C=O) groups excluding carboxylic acids is 1. The Kier molecular flexibility index (Phi) is 7.58. The van der Waals surface area contributed by atoms with Crippen LogP contribution in [0, 0.1) is 17.2 Å². The van der Waals surface area contributed by atoms with E-state index in [0.717, 1.165) is 27.9 Å². The van der Waals surface area contributed by atoms with Gasteiger partial charge in [0.25, 0.3) is 0 Å². The molecule has 1 unspecified atom stereocenters. The quantitative estimate of drug-likeness (QED) is 0.272. The highest BCUT2D eigenvalue weighted by Gasteiger charge is 2.22. The molecule has 0 bridgehead atoms. The number of nitrogens with zero attached hydrogens (tertiary/aromatic N) is 3. The van der Waals surface area contributed by atoms with Crippen LogP contribution in [0.1, 0.15) is 31.7 Å². The van der Waals surface area contributed by atoms with E-state index in [2.05, 4.69) is 35.2 Å². The minimum absolute atomic E-state index is 0.00461. The molecule has 32 heavy (non-hydrogen) atoms. The summed E-state index contributed by atoms with van der Waals surface area (Å²) in [5.74, 6) is -0.122. The molecule has 8 heteroatoms. The lowest BCUT2D eigenvalue weighted by atomic mass is 9.87. The maximum atomic E-state index is 12.7. The van der Waals surface area contributed by atoms with E-state index in [1.54, 1.807) is 0 Å². The third-order valence-corrected chi connectivity index (χ3v) is 5.60. The second-order valence-electron chi connectivity index (χ2n) is 7.82. The summed E-state index contributed by atoms with van der Waals surface area (Å²) in [5.41, 5.74) is 15.6. The fourth-order valence-electron chi connectivity index (χ4n) is 3.47. The van der Waals surface area contributed by atoms with Crippen molar-refractivity contribution in [1.29, 1.82) is 5.26 Å². The second kappa shape index (κ2) is 10.6. The molecule has 1 atom stereocenters. The van der Waals surface area contributed by atoms with Crippen LogP contribution in [0.4, 0.5) is 5.13 Å².